The van der Waals surface area contributed by atoms with Crippen LogP contribution in [0.3, 0.4) is 0 Å². The van der Waals surface area contributed by atoms with Crippen LogP contribution in [0.15, 0.2) is 23.3 Å². The Morgan fingerprint density at radius 3 is 2.50 bits per heavy atom. The first-order valence-electron chi connectivity index (χ1n) is 3.85. The summed E-state index contributed by atoms with van der Waals surface area (Å²) < 4.78 is 0. The maximum Gasteiger partial charge on any atom is 0.236 e. The molecule has 0 radical (unpaired) electrons. The molecular weight excluding hydrogens is 223 g/mol. The van der Waals surface area contributed by atoms with E-state index in [1.165, 1.54) is 13.1 Å². The third kappa shape index (κ3) is 3.01. The number of nitrogens with one attached hydrogen (secondary N) is 1. The topological polar surface area (TPSA) is 41.5 Å². The minimum Gasteiger partial charge on any atom is -0.274 e. The highest BCUT2D eigenvalue weighted by Crippen LogP contribution is 2.21. The molecule has 0 saturated heterocycles. The summed E-state index contributed by atoms with van der Waals surface area (Å²) in [5.41, 5.74) is 2.85. The average Bonchev–Trinajstić information content (AvgIpc) is 2.09. The SMILES string of the molecule is CC(=O)N/N=C/c1c(Cl)cccc1Cl. The highest BCUT2D eigenvalue weighted by Gasteiger charge is 2.01. The van der Waals surface area contributed by atoms with Gasteiger partial charge < -0.3 is 0 Å². The van der Waals surface area contributed by atoms with E-state index in [-0.39, 0.29) is 5.91 Å². The molecule has 74 valence electrons. The van der Waals surface area contributed by atoms with Crippen molar-refractivity contribution in [2.45, 2.75) is 6.92 Å². The Bertz CT molecular complexity index is 357. The van der Waals surface area contributed by atoms with Crippen LogP contribution in [0, 0.1) is 0 Å². The van der Waals surface area contributed by atoms with Crippen molar-refractivity contribution < 1.29 is 4.79 Å². The van der Waals surface area contributed by atoms with Gasteiger partial charge in [0.1, 0.15) is 0 Å². The maximum atomic E-state index is 10.5. The summed E-state index contributed by atoms with van der Waals surface area (Å²) in [5, 5.41) is 4.65. The van der Waals surface area contributed by atoms with Crippen molar-refractivity contribution >= 4 is 35.3 Å². The largest absolute Gasteiger partial charge is 0.274 e. The Balaban J connectivity index is 2.85. The number of rotatable bonds is 2. The summed E-state index contributed by atoms with van der Waals surface area (Å²) in [7, 11) is 0. The molecule has 0 atom stereocenters. The molecule has 0 bridgehead atoms. The number of carbonyl (C=O) groups is 1. The van der Waals surface area contributed by atoms with Crippen LogP contribution in [0.4, 0.5) is 0 Å². The van der Waals surface area contributed by atoms with Gasteiger partial charge in [0.25, 0.3) is 0 Å². The van der Waals surface area contributed by atoms with Crippen molar-refractivity contribution in [3.8, 4) is 0 Å². The lowest BCUT2D eigenvalue weighted by Gasteiger charge is -1.99. The van der Waals surface area contributed by atoms with Gasteiger partial charge in [-0.2, -0.15) is 5.10 Å². The zero-order valence-electron chi connectivity index (χ0n) is 7.42. The molecule has 0 unspecified atom stereocenters. The Hall–Kier alpha value is -1.06. The monoisotopic (exact) mass is 230 g/mol. The number of hydrogen-bond donors (Lipinski definition) is 1. The van der Waals surface area contributed by atoms with E-state index in [4.69, 9.17) is 23.2 Å². The van der Waals surface area contributed by atoms with Crippen LogP contribution < -0.4 is 5.43 Å². The van der Waals surface area contributed by atoms with Gasteiger partial charge in [0.05, 0.1) is 16.3 Å². The van der Waals surface area contributed by atoms with Crippen molar-refractivity contribution in [2.24, 2.45) is 5.10 Å². The Morgan fingerprint density at radius 2 is 2.00 bits per heavy atom. The van der Waals surface area contributed by atoms with E-state index in [1.807, 2.05) is 0 Å². The molecule has 0 spiro atoms. The quantitative estimate of drug-likeness (QED) is 0.616. The number of carbonyl (C=O) groups excluding carboxylic acids is 1. The lowest BCUT2D eigenvalue weighted by Crippen LogP contribution is -2.12. The molecule has 0 saturated carbocycles. The van der Waals surface area contributed by atoms with E-state index in [9.17, 15) is 4.79 Å². The van der Waals surface area contributed by atoms with E-state index < -0.39 is 0 Å². The van der Waals surface area contributed by atoms with Crippen LogP contribution in [0.5, 0.6) is 0 Å². The molecule has 0 aliphatic carbocycles. The number of amides is 1. The lowest BCUT2D eigenvalue weighted by atomic mass is 10.2. The predicted molar refractivity (Wildman–Crippen MR) is 57.9 cm³/mol. The Morgan fingerprint density at radius 1 is 1.43 bits per heavy atom. The first-order chi connectivity index (χ1) is 6.61. The molecule has 5 heteroatoms. The van der Waals surface area contributed by atoms with Crippen LogP contribution in [0.2, 0.25) is 10.0 Å². The van der Waals surface area contributed by atoms with Crippen LogP contribution in [-0.4, -0.2) is 12.1 Å². The van der Waals surface area contributed by atoms with Crippen LogP contribution >= 0.6 is 23.2 Å². The number of nitrogens with zero attached hydrogens (tertiary/aromatic N) is 1. The molecule has 0 fully saturated rings. The molecule has 0 aromatic heterocycles. The van der Waals surface area contributed by atoms with E-state index in [2.05, 4.69) is 10.5 Å². The van der Waals surface area contributed by atoms with Crippen molar-refractivity contribution in [3.63, 3.8) is 0 Å². The second-order valence-corrected chi connectivity index (χ2v) is 3.38. The third-order valence-corrected chi connectivity index (χ3v) is 2.07. The van der Waals surface area contributed by atoms with Gasteiger partial charge in [-0.05, 0) is 12.1 Å². The average molecular weight is 231 g/mol. The number of hydrazone groups is 1. The van der Waals surface area contributed by atoms with Crippen molar-refractivity contribution in [2.75, 3.05) is 0 Å². The van der Waals surface area contributed by atoms with Crippen LogP contribution in [-0.2, 0) is 4.79 Å². The lowest BCUT2D eigenvalue weighted by molar-refractivity contribution is -0.118. The predicted octanol–water partition coefficient (Wildman–Crippen LogP) is 2.46. The van der Waals surface area contributed by atoms with E-state index in [1.54, 1.807) is 18.2 Å². The van der Waals surface area contributed by atoms with Crippen LogP contribution in [0.25, 0.3) is 0 Å². The maximum absolute atomic E-state index is 10.5. The fourth-order valence-electron chi connectivity index (χ4n) is 0.822. The van der Waals surface area contributed by atoms with Crippen LogP contribution in [0.1, 0.15) is 12.5 Å². The molecule has 3 nitrogen and oxygen atoms in total. The minimum absolute atomic E-state index is 0.246. The molecule has 0 aliphatic heterocycles. The fourth-order valence-corrected chi connectivity index (χ4v) is 1.32. The third-order valence-electron chi connectivity index (χ3n) is 1.42. The zero-order valence-corrected chi connectivity index (χ0v) is 8.93. The fraction of sp³-hybridized carbons (Fsp3) is 0.111. The normalized spacial score (nSPS) is 10.5. The number of halogens is 2. The second-order valence-electron chi connectivity index (χ2n) is 2.56. The summed E-state index contributed by atoms with van der Waals surface area (Å²) in [6, 6.07) is 5.13. The smallest absolute Gasteiger partial charge is 0.236 e. The number of benzene rings is 1. The molecule has 1 rings (SSSR count). The minimum atomic E-state index is -0.246. The zero-order chi connectivity index (χ0) is 10.6. The molecule has 1 amide bonds. The van der Waals surface area contributed by atoms with Crippen molar-refractivity contribution in [3.05, 3.63) is 33.8 Å². The van der Waals surface area contributed by atoms with Gasteiger partial charge in [-0.1, -0.05) is 29.3 Å². The molecular formula is C9H8Cl2N2O. The van der Waals surface area contributed by atoms with E-state index in [0.29, 0.717) is 15.6 Å². The van der Waals surface area contributed by atoms with E-state index >= 15 is 0 Å². The van der Waals surface area contributed by atoms with Gasteiger partial charge in [0.2, 0.25) is 5.91 Å². The van der Waals surface area contributed by atoms with Gasteiger partial charge in [-0.15, -0.1) is 0 Å². The molecule has 1 N–H and O–H groups in total. The molecule has 1 aromatic carbocycles. The summed E-state index contributed by atoms with van der Waals surface area (Å²) in [6.07, 6.45) is 1.41. The van der Waals surface area contributed by atoms with Gasteiger partial charge in [0, 0.05) is 12.5 Å². The highest BCUT2D eigenvalue weighted by atomic mass is 35.5. The van der Waals surface area contributed by atoms with Gasteiger partial charge in [-0.25, -0.2) is 5.43 Å². The molecule has 14 heavy (non-hydrogen) atoms. The Labute approximate surface area is 91.7 Å². The summed E-state index contributed by atoms with van der Waals surface area (Å²) in [4.78, 5) is 10.5. The summed E-state index contributed by atoms with van der Waals surface area (Å²) in [5.74, 6) is -0.246. The first kappa shape index (κ1) is 11.0. The van der Waals surface area contributed by atoms with E-state index in [0.717, 1.165) is 0 Å². The molecule has 1 aromatic rings. The Kier molecular flexibility index (Phi) is 3.92. The highest BCUT2D eigenvalue weighted by molar-refractivity contribution is 6.38. The number of hydrogen-bond acceptors (Lipinski definition) is 2. The van der Waals surface area contributed by atoms with Gasteiger partial charge >= 0.3 is 0 Å². The first-order valence-corrected chi connectivity index (χ1v) is 4.60. The van der Waals surface area contributed by atoms with Gasteiger partial charge in [-0.3, -0.25) is 4.79 Å². The summed E-state index contributed by atoms with van der Waals surface area (Å²) >= 11 is 11.7. The van der Waals surface area contributed by atoms with Gasteiger partial charge in [0.15, 0.2) is 0 Å². The van der Waals surface area contributed by atoms with Crippen molar-refractivity contribution in [1.29, 1.82) is 0 Å². The molecule has 0 heterocycles. The second kappa shape index (κ2) is 4.98. The summed E-state index contributed by atoms with van der Waals surface area (Å²) in [6.45, 7) is 1.37. The van der Waals surface area contributed by atoms with Crippen molar-refractivity contribution in [1.82, 2.24) is 5.43 Å². The molecule has 0 aliphatic rings. The standard InChI is InChI=1S/C9H8Cl2N2O/c1-6(14)13-12-5-7-8(10)3-2-4-9(7)11/h2-5H,1H3,(H,13,14)/b12-5+.